The first kappa shape index (κ1) is 43.8. The van der Waals surface area contributed by atoms with Crippen LogP contribution < -0.4 is 26.2 Å². The number of hydrogen-bond donors (Lipinski definition) is 10. The Hall–Kier alpha value is -2.57. The maximum absolute atomic E-state index is 12.7. The number of ether oxygens (including phenoxy) is 1. The molecule has 294 valence electrons. The van der Waals surface area contributed by atoms with Gasteiger partial charge >= 0.3 is 23.5 Å². The molecule has 2 unspecified atom stereocenters. The smallest absolute Gasteiger partial charge is 0.386 e. The van der Waals surface area contributed by atoms with Gasteiger partial charge < -0.3 is 55.8 Å². The van der Waals surface area contributed by atoms with E-state index >= 15 is 0 Å². The summed E-state index contributed by atoms with van der Waals surface area (Å²) in [5.74, 6) is -1.83. The molecule has 3 heterocycles. The highest BCUT2D eigenvalue weighted by atomic mass is 32.1. The molecule has 1 aromatic rings. The minimum Gasteiger partial charge on any atom is -0.386 e. The average molecular weight is 824 g/mol. The minimum absolute atomic E-state index is 0.0109. The third-order valence-electron chi connectivity index (χ3n) is 7.27. The molecule has 0 aromatic carbocycles. The lowest BCUT2D eigenvalue weighted by atomic mass is 9.87. The van der Waals surface area contributed by atoms with Crippen molar-refractivity contribution in [1.29, 1.82) is 0 Å². The monoisotopic (exact) mass is 823 g/mol. The summed E-state index contributed by atoms with van der Waals surface area (Å²) >= 11 is 3.95. The third kappa shape index (κ3) is 11.7. The number of amides is 3. The zero-order valence-corrected chi connectivity index (χ0v) is 31.1. The second kappa shape index (κ2) is 17.7. The number of carbonyl (C=O) groups excluding carboxylic acids is 3. The van der Waals surface area contributed by atoms with E-state index < -0.39 is 91.2 Å². The normalized spacial score (nSPS) is 23.3. The van der Waals surface area contributed by atoms with Gasteiger partial charge in [0.1, 0.15) is 43.1 Å². The van der Waals surface area contributed by atoms with E-state index in [0.717, 1.165) is 22.2 Å². The van der Waals surface area contributed by atoms with Gasteiger partial charge in [0, 0.05) is 30.7 Å². The fourth-order valence-electron chi connectivity index (χ4n) is 4.74. The maximum atomic E-state index is 12.7. The van der Waals surface area contributed by atoms with Crippen molar-refractivity contribution in [3.8, 4) is 0 Å². The van der Waals surface area contributed by atoms with E-state index in [2.05, 4.69) is 48.6 Å². The lowest BCUT2D eigenvalue weighted by molar-refractivity contribution is -0.137. The number of aliphatic hydroxyl groups excluding tert-OH is 2. The van der Waals surface area contributed by atoms with Gasteiger partial charge in [-0.1, -0.05) is 20.4 Å². The number of aromatic nitrogens is 2. The Labute approximate surface area is 301 Å². The Morgan fingerprint density at radius 1 is 1.15 bits per heavy atom. The first-order valence-corrected chi connectivity index (χ1v) is 20.1. The molecule has 3 amide bonds. The van der Waals surface area contributed by atoms with E-state index in [1.807, 2.05) is 0 Å². The molecule has 24 nitrogen and oxygen atoms in total. The van der Waals surface area contributed by atoms with Crippen molar-refractivity contribution in [3.05, 3.63) is 19.0 Å². The second-order valence-electron chi connectivity index (χ2n) is 11.7. The summed E-state index contributed by atoms with van der Waals surface area (Å²) in [7, 11) is -16.5. The summed E-state index contributed by atoms with van der Waals surface area (Å²) in [5.41, 5.74) is 4.30. The number of nitrogen functional groups attached to an aromatic ring is 1. The molecule has 0 saturated carbocycles. The molecular weight excluding hydrogens is 783 g/mol. The highest BCUT2D eigenvalue weighted by Gasteiger charge is 2.53. The van der Waals surface area contributed by atoms with Gasteiger partial charge in [-0.15, -0.1) is 0 Å². The molecule has 0 bridgehead atoms. The quantitative estimate of drug-likeness (QED) is 0.0414. The largest absolute Gasteiger partial charge is 0.481 e. The second-order valence-corrected chi connectivity index (χ2v) is 16.4. The van der Waals surface area contributed by atoms with Crippen molar-refractivity contribution in [3.63, 3.8) is 0 Å². The number of aliphatic hydroxyl groups is 2. The molecule has 2 aliphatic heterocycles. The molecule has 28 heteroatoms. The Balaban J connectivity index is 1.65. The molecule has 1 saturated heterocycles. The molecule has 10 N–H and O–H groups in total. The lowest BCUT2D eigenvalue weighted by Gasteiger charge is -2.30. The minimum atomic E-state index is -5.60. The number of rotatable bonds is 19. The number of anilines is 3. The zero-order valence-electron chi connectivity index (χ0n) is 27.5. The number of nitrogens with one attached hydrogen (secondary N) is 2. The molecule has 3 rings (SSSR count). The summed E-state index contributed by atoms with van der Waals surface area (Å²) in [4.78, 5) is 85.9. The molecule has 2 aliphatic rings. The van der Waals surface area contributed by atoms with Crippen LogP contribution in [0.1, 0.15) is 20.3 Å². The van der Waals surface area contributed by atoms with Gasteiger partial charge in [0.2, 0.25) is 11.8 Å². The number of nitrogens with two attached hydrogens (primary N) is 1. The summed E-state index contributed by atoms with van der Waals surface area (Å²) in [6.45, 7) is 3.60. The first-order valence-electron chi connectivity index (χ1n) is 14.9. The predicted molar refractivity (Wildman–Crippen MR) is 180 cm³/mol. The van der Waals surface area contributed by atoms with Crippen LogP contribution in [0.15, 0.2) is 19.0 Å². The first-order chi connectivity index (χ1) is 24.0. The van der Waals surface area contributed by atoms with Crippen LogP contribution >= 0.6 is 36.1 Å². The molecule has 1 aromatic heterocycles. The molecule has 0 radical (unpaired) electrons. The van der Waals surface area contributed by atoms with Gasteiger partial charge in [-0.25, -0.2) is 23.7 Å². The summed E-state index contributed by atoms with van der Waals surface area (Å²) in [5, 5.41) is 26.3. The standard InChI is InChI=1S/C24H40N7O17P3S/c1-4-15(33)30-12-31(21-16(30)20(25)28-11-29-21)23-17(34)18(47-49(37,38)39)13(46-23)9-44-50(40,41)48-51(42,43)45-10-24(2,3)19(35)22(36)27-6-5-14(32)26-7-8-52/h4,11,13,17-19,23,34-35,52H,1,5-10,12H2,2-3H3,(H,26,32)(H,27,36)(H,40,41)(H,42,43)(H2,25,28,29)(H2,37,38,39)/t13-,17-,18-,19+,23-/m1/s1. The lowest BCUT2D eigenvalue weighted by Crippen LogP contribution is -2.47. The van der Waals surface area contributed by atoms with Gasteiger partial charge in [-0.05, 0) is 6.08 Å². The van der Waals surface area contributed by atoms with Crippen molar-refractivity contribution in [2.75, 3.05) is 54.3 Å². The number of fused-ring (bicyclic) bond motifs is 1. The van der Waals surface area contributed by atoms with Crippen molar-refractivity contribution in [2.45, 2.75) is 50.9 Å². The van der Waals surface area contributed by atoms with E-state index in [0.29, 0.717) is 12.3 Å². The molecule has 0 spiro atoms. The molecule has 0 aliphatic carbocycles. The number of carbonyl (C=O) groups is 3. The van der Waals surface area contributed by atoms with Crippen LogP contribution in [0.2, 0.25) is 0 Å². The van der Waals surface area contributed by atoms with Crippen LogP contribution in [0.4, 0.5) is 17.3 Å². The third-order valence-corrected chi connectivity index (χ3v) is 10.6. The Morgan fingerprint density at radius 2 is 1.81 bits per heavy atom. The number of nitrogens with zero attached hydrogens (tertiary/aromatic N) is 4. The van der Waals surface area contributed by atoms with Crippen LogP contribution in [0.3, 0.4) is 0 Å². The highest BCUT2D eigenvalue weighted by Crippen LogP contribution is 2.61. The molecule has 7 atom stereocenters. The van der Waals surface area contributed by atoms with Crippen LogP contribution in [0.25, 0.3) is 0 Å². The summed E-state index contributed by atoms with van der Waals surface area (Å²) in [6.07, 6.45) is -7.35. The van der Waals surface area contributed by atoms with Crippen LogP contribution in [0.5, 0.6) is 0 Å². The average Bonchev–Trinajstić information content (AvgIpc) is 3.58. The SMILES string of the molecule is C=CC(=O)N1CN([C@@H]2O[C@H](COP(=O)(O)OP(=O)(O)OCC(C)(C)[C@@H](O)C(=O)NCCC(=O)NCCS)[C@@H](OP(=O)(O)O)[C@H]2O)c2ncnc(N)c21. The topological polar surface area (TPSA) is 352 Å². The predicted octanol–water partition coefficient (Wildman–Crippen LogP) is -1.89. The highest BCUT2D eigenvalue weighted by molar-refractivity contribution is 7.80. The number of thiol groups is 1. The van der Waals surface area contributed by atoms with Crippen LogP contribution in [0, 0.1) is 5.41 Å². The number of phosphoric ester groups is 3. The fourth-order valence-corrected chi connectivity index (χ4v) is 7.68. The van der Waals surface area contributed by atoms with Gasteiger partial charge in [-0.2, -0.15) is 16.9 Å². The van der Waals surface area contributed by atoms with Gasteiger partial charge in [0.25, 0.3) is 5.91 Å². The summed E-state index contributed by atoms with van der Waals surface area (Å²) in [6, 6.07) is 0. The van der Waals surface area contributed by atoms with E-state index in [1.54, 1.807) is 0 Å². The van der Waals surface area contributed by atoms with Gasteiger partial charge in [0.05, 0.1) is 13.2 Å². The Bertz CT molecular complexity index is 1640. The molecule has 1 fully saturated rings. The van der Waals surface area contributed by atoms with Crippen molar-refractivity contribution < 1.29 is 80.5 Å². The molecule has 52 heavy (non-hydrogen) atoms. The molecular formula is C24H40N7O17P3S. The van der Waals surface area contributed by atoms with Crippen LogP contribution in [-0.4, -0.2) is 127 Å². The van der Waals surface area contributed by atoms with E-state index in [1.165, 1.54) is 13.8 Å². The fraction of sp³-hybridized carbons (Fsp3) is 0.625. The Kier molecular flexibility index (Phi) is 14.9. The van der Waals surface area contributed by atoms with Gasteiger partial charge in [0.15, 0.2) is 17.9 Å². The van der Waals surface area contributed by atoms with Gasteiger partial charge in [-0.3, -0.25) is 32.9 Å². The van der Waals surface area contributed by atoms with Crippen molar-refractivity contribution in [1.82, 2.24) is 20.6 Å². The Morgan fingerprint density at radius 3 is 2.42 bits per heavy atom. The number of hydrogen-bond acceptors (Lipinski definition) is 18. The summed E-state index contributed by atoms with van der Waals surface area (Å²) < 4.78 is 61.1. The van der Waals surface area contributed by atoms with E-state index in [-0.39, 0.29) is 36.2 Å². The van der Waals surface area contributed by atoms with Crippen molar-refractivity contribution in [2.24, 2.45) is 5.41 Å². The zero-order chi connectivity index (χ0) is 39.2. The van der Waals surface area contributed by atoms with E-state index in [9.17, 15) is 57.9 Å². The van der Waals surface area contributed by atoms with Crippen LogP contribution in [-0.2, 0) is 50.7 Å². The maximum Gasteiger partial charge on any atom is 0.481 e. The van der Waals surface area contributed by atoms with E-state index in [4.69, 9.17) is 19.5 Å². The van der Waals surface area contributed by atoms with Crippen molar-refractivity contribution >= 4 is 71.1 Å². The number of phosphoric acid groups is 3.